The number of nitrogens with zero attached hydrogens (tertiary/aromatic N) is 1. The molecule has 1 fully saturated rings. The van der Waals surface area contributed by atoms with Crippen LogP contribution in [0.15, 0.2) is 30.5 Å². The maximum atomic E-state index is 12.4. The van der Waals surface area contributed by atoms with Crippen LogP contribution in [0.3, 0.4) is 0 Å². The second-order valence-electron chi connectivity index (χ2n) is 6.23. The summed E-state index contributed by atoms with van der Waals surface area (Å²) in [6, 6.07) is 7.73. The summed E-state index contributed by atoms with van der Waals surface area (Å²) in [6.45, 7) is 4.33. The molecule has 1 aliphatic carbocycles. The molecule has 2 atom stereocenters. The zero-order valence-corrected chi connectivity index (χ0v) is 14.9. The molecule has 5 heteroatoms. The van der Waals surface area contributed by atoms with Crippen LogP contribution in [0.2, 0.25) is 5.02 Å². The molecule has 0 spiro atoms. The van der Waals surface area contributed by atoms with Crippen LogP contribution in [0, 0.1) is 19.8 Å². The summed E-state index contributed by atoms with van der Waals surface area (Å²) in [5.74, 6) is 1.10. The zero-order valence-electron chi connectivity index (χ0n) is 14.1. The predicted octanol–water partition coefficient (Wildman–Crippen LogP) is 3.78. The molecule has 2 aromatic rings. The quantitative estimate of drug-likeness (QED) is 0.898. The highest BCUT2D eigenvalue weighted by atomic mass is 35.5. The van der Waals surface area contributed by atoms with Crippen molar-refractivity contribution >= 4 is 17.5 Å². The Morgan fingerprint density at radius 3 is 2.83 bits per heavy atom. The van der Waals surface area contributed by atoms with Gasteiger partial charge in [0.1, 0.15) is 5.75 Å². The molecule has 0 aliphatic heterocycles. The number of ether oxygens (including phenoxy) is 1. The average molecular weight is 345 g/mol. The van der Waals surface area contributed by atoms with Crippen molar-refractivity contribution in [2.24, 2.45) is 5.92 Å². The Bertz CT molecular complexity index is 776. The normalized spacial score (nSPS) is 19.0. The van der Waals surface area contributed by atoms with E-state index >= 15 is 0 Å². The van der Waals surface area contributed by atoms with E-state index in [0.717, 1.165) is 39.6 Å². The number of carbonyl (C=O) groups is 1. The molecule has 1 heterocycles. The van der Waals surface area contributed by atoms with E-state index < -0.39 is 0 Å². The lowest BCUT2D eigenvalue weighted by Crippen LogP contribution is -2.26. The van der Waals surface area contributed by atoms with Crippen molar-refractivity contribution in [3.63, 3.8) is 0 Å². The first-order chi connectivity index (χ1) is 11.5. The summed E-state index contributed by atoms with van der Waals surface area (Å²) in [7, 11) is 1.65. The minimum atomic E-state index is -0.00227. The lowest BCUT2D eigenvalue weighted by atomic mass is 10.1. The van der Waals surface area contributed by atoms with E-state index in [1.165, 1.54) is 0 Å². The second-order valence-corrected chi connectivity index (χ2v) is 6.64. The predicted molar refractivity (Wildman–Crippen MR) is 94.4 cm³/mol. The zero-order chi connectivity index (χ0) is 17.3. The molecular weight excluding hydrogens is 324 g/mol. The Hall–Kier alpha value is -2.07. The van der Waals surface area contributed by atoms with Gasteiger partial charge in [-0.1, -0.05) is 29.8 Å². The number of hydrogen-bond acceptors (Lipinski definition) is 3. The van der Waals surface area contributed by atoms with E-state index in [2.05, 4.69) is 10.3 Å². The summed E-state index contributed by atoms with van der Waals surface area (Å²) in [5.41, 5.74) is 3.86. The number of hydrogen-bond donors (Lipinski definition) is 1. The van der Waals surface area contributed by atoms with Gasteiger partial charge in [-0.05, 0) is 37.8 Å². The SMILES string of the molecule is COc1c(C)cnc(CNC(=O)[C@@H]2C[C@@H]2c2ccccc2Cl)c1C. The average Bonchev–Trinajstić information content (AvgIpc) is 3.35. The molecule has 24 heavy (non-hydrogen) atoms. The molecule has 0 saturated heterocycles. The van der Waals surface area contributed by atoms with Crippen LogP contribution in [0.25, 0.3) is 0 Å². The van der Waals surface area contributed by atoms with Crippen molar-refractivity contribution in [1.29, 1.82) is 0 Å². The third kappa shape index (κ3) is 3.24. The fourth-order valence-corrected chi connectivity index (χ4v) is 3.43. The maximum Gasteiger partial charge on any atom is 0.224 e. The van der Waals surface area contributed by atoms with Gasteiger partial charge in [0.15, 0.2) is 0 Å². The number of methoxy groups -OCH3 is 1. The van der Waals surface area contributed by atoms with Crippen molar-refractivity contribution in [3.05, 3.63) is 57.9 Å². The summed E-state index contributed by atoms with van der Waals surface area (Å²) < 4.78 is 5.40. The number of benzene rings is 1. The Labute approximate surface area is 147 Å². The molecular formula is C19H21ClN2O2. The van der Waals surface area contributed by atoms with Gasteiger partial charge in [0.05, 0.1) is 19.3 Å². The summed E-state index contributed by atoms with van der Waals surface area (Å²) >= 11 is 6.22. The van der Waals surface area contributed by atoms with Gasteiger partial charge in [-0.3, -0.25) is 9.78 Å². The van der Waals surface area contributed by atoms with Crippen LogP contribution in [0.1, 0.15) is 34.7 Å². The van der Waals surface area contributed by atoms with E-state index in [0.29, 0.717) is 6.54 Å². The highest BCUT2D eigenvalue weighted by Crippen LogP contribution is 2.49. The van der Waals surface area contributed by atoms with Gasteiger partial charge < -0.3 is 10.1 Å². The third-order valence-corrected chi connectivity index (χ3v) is 4.96. The summed E-state index contributed by atoms with van der Waals surface area (Å²) in [5, 5.41) is 3.73. The van der Waals surface area contributed by atoms with Gasteiger partial charge in [0, 0.05) is 28.3 Å². The van der Waals surface area contributed by atoms with Crippen LogP contribution in [-0.2, 0) is 11.3 Å². The van der Waals surface area contributed by atoms with Crippen molar-refractivity contribution in [2.45, 2.75) is 32.7 Å². The first kappa shape index (κ1) is 16.8. The van der Waals surface area contributed by atoms with Crippen LogP contribution in [0.4, 0.5) is 0 Å². The number of amides is 1. The molecule has 1 aromatic carbocycles. The number of halogens is 1. The van der Waals surface area contributed by atoms with Gasteiger partial charge in [-0.2, -0.15) is 0 Å². The number of aromatic nitrogens is 1. The smallest absolute Gasteiger partial charge is 0.224 e. The first-order valence-electron chi connectivity index (χ1n) is 8.04. The number of nitrogens with one attached hydrogen (secondary N) is 1. The van der Waals surface area contributed by atoms with Gasteiger partial charge in [0.2, 0.25) is 5.91 Å². The number of aryl methyl sites for hydroxylation is 1. The topological polar surface area (TPSA) is 51.2 Å². The molecule has 3 rings (SSSR count). The molecule has 126 valence electrons. The van der Waals surface area contributed by atoms with Gasteiger partial charge in [0.25, 0.3) is 0 Å². The second kappa shape index (κ2) is 6.81. The van der Waals surface area contributed by atoms with Gasteiger partial charge in [-0.25, -0.2) is 0 Å². The van der Waals surface area contributed by atoms with Gasteiger partial charge in [-0.15, -0.1) is 0 Å². The summed E-state index contributed by atoms with van der Waals surface area (Å²) in [6.07, 6.45) is 2.62. The Morgan fingerprint density at radius 1 is 1.38 bits per heavy atom. The molecule has 0 radical (unpaired) electrons. The molecule has 0 unspecified atom stereocenters. The van der Waals surface area contributed by atoms with Crippen molar-refractivity contribution in [2.75, 3.05) is 7.11 Å². The lowest BCUT2D eigenvalue weighted by molar-refractivity contribution is -0.122. The molecule has 0 bridgehead atoms. The number of carbonyl (C=O) groups excluding carboxylic acids is 1. The highest BCUT2D eigenvalue weighted by Gasteiger charge is 2.44. The maximum absolute atomic E-state index is 12.4. The monoisotopic (exact) mass is 344 g/mol. The first-order valence-corrected chi connectivity index (χ1v) is 8.42. The van der Waals surface area contributed by atoms with Crippen LogP contribution in [0.5, 0.6) is 5.75 Å². The molecule has 4 nitrogen and oxygen atoms in total. The number of rotatable bonds is 5. The fourth-order valence-electron chi connectivity index (χ4n) is 3.16. The number of pyridine rings is 1. The molecule has 1 amide bonds. The van der Waals surface area contributed by atoms with Crippen molar-refractivity contribution < 1.29 is 9.53 Å². The Kier molecular flexibility index (Phi) is 4.76. The van der Waals surface area contributed by atoms with Crippen LogP contribution in [-0.4, -0.2) is 18.0 Å². The van der Waals surface area contributed by atoms with E-state index in [4.69, 9.17) is 16.3 Å². The van der Waals surface area contributed by atoms with E-state index in [-0.39, 0.29) is 17.7 Å². The third-order valence-electron chi connectivity index (χ3n) is 4.61. The molecule has 1 N–H and O–H groups in total. The van der Waals surface area contributed by atoms with Crippen molar-refractivity contribution in [3.8, 4) is 5.75 Å². The lowest BCUT2D eigenvalue weighted by Gasteiger charge is -2.13. The Morgan fingerprint density at radius 2 is 2.12 bits per heavy atom. The minimum absolute atomic E-state index is 0.00227. The molecule has 1 saturated carbocycles. The molecule has 1 aromatic heterocycles. The van der Waals surface area contributed by atoms with Crippen LogP contribution >= 0.6 is 11.6 Å². The standard InChI is InChI=1S/C19H21ClN2O2/c1-11-9-21-17(12(2)18(11)24-3)10-22-19(23)15-8-14(15)13-6-4-5-7-16(13)20/h4-7,9,14-15H,8,10H2,1-3H3,(H,22,23)/t14-,15-/m1/s1. The van der Waals surface area contributed by atoms with E-state index in [9.17, 15) is 4.79 Å². The Balaban J connectivity index is 1.63. The highest BCUT2D eigenvalue weighted by molar-refractivity contribution is 6.31. The fraction of sp³-hybridized carbons (Fsp3) is 0.368. The minimum Gasteiger partial charge on any atom is -0.496 e. The summed E-state index contributed by atoms with van der Waals surface area (Å²) in [4.78, 5) is 16.8. The van der Waals surface area contributed by atoms with E-state index in [1.54, 1.807) is 13.3 Å². The largest absolute Gasteiger partial charge is 0.496 e. The van der Waals surface area contributed by atoms with Crippen LogP contribution < -0.4 is 10.1 Å². The van der Waals surface area contributed by atoms with Crippen molar-refractivity contribution in [1.82, 2.24) is 10.3 Å². The van der Waals surface area contributed by atoms with E-state index in [1.807, 2.05) is 38.1 Å². The molecule has 1 aliphatic rings. The van der Waals surface area contributed by atoms with Gasteiger partial charge >= 0.3 is 0 Å².